The zero-order valence-electron chi connectivity index (χ0n) is 7.44. The van der Waals surface area contributed by atoms with Crippen LogP contribution in [0.25, 0.3) is 0 Å². The van der Waals surface area contributed by atoms with Crippen LogP contribution in [0.2, 0.25) is 0 Å². The molecule has 0 atom stereocenters. The van der Waals surface area contributed by atoms with Crippen LogP contribution in [0, 0.1) is 0 Å². The van der Waals surface area contributed by atoms with Gasteiger partial charge in [0.2, 0.25) is 0 Å². The molecule has 0 saturated heterocycles. The maximum absolute atomic E-state index is 5.35. The van der Waals surface area contributed by atoms with Gasteiger partial charge < -0.3 is 9.47 Å². The molecule has 0 aliphatic carbocycles. The molecule has 0 spiro atoms. The van der Waals surface area contributed by atoms with Crippen molar-refractivity contribution in [3.63, 3.8) is 0 Å². The highest BCUT2D eigenvalue weighted by Gasteiger charge is 2.24. The standard InChI is InChI=1S/C8H18O2/c1-5-8(6-2,10-4)7-9-3/h5-7H2,1-4H3. The molecule has 62 valence electrons. The van der Waals surface area contributed by atoms with Crippen LogP contribution in [0.3, 0.4) is 0 Å². The highest BCUT2D eigenvalue weighted by atomic mass is 16.5. The van der Waals surface area contributed by atoms with E-state index in [1.807, 2.05) is 0 Å². The van der Waals surface area contributed by atoms with Gasteiger partial charge in [0.15, 0.2) is 0 Å². The van der Waals surface area contributed by atoms with Gasteiger partial charge in [0.05, 0.1) is 12.2 Å². The molecule has 0 radical (unpaired) electrons. The zero-order valence-corrected chi connectivity index (χ0v) is 7.44. The van der Waals surface area contributed by atoms with Gasteiger partial charge in [-0.1, -0.05) is 13.8 Å². The quantitative estimate of drug-likeness (QED) is 0.589. The highest BCUT2D eigenvalue weighted by molar-refractivity contribution is 4.75. The Labute approximate surface area is 63.5 Å². The number of rotatable bonds is 5. The van der Waals surface area contributed by atoms with Crippen LogP contribution in [-0.4, -0.2) is 26.4 Å². The Morgan fingerprint density at radius 3 is 1.70 bits per heavy atom. The van der Waals surface area contributed by atoms with Gasteiger partial charge in [0.25, 0.3) is 0 Å². The van der Waals surface area contributed by atoms with Crippen LogP contribution < -0.4 is 0 Å². The molecule has 0 aromatic carbocycles. The molecule has 0 aromatic rings. The van der Waals surface area contributed by atoms with Crippen LogP contribution in [-0.2, 0) is 9.47 Å². The van der Waals surface area contributed by atoms with Crippen molar-refractivity contribution in [3.8, 4) is 0 Å². The minimum atomic E-state index is -0.0469. The van der Waals surface area contributed by atoms with Gasteiger partial charge in [-0.05, 0) is 12.8 Å². The summed E-state index contributed by atoms with van der Waals surface area (Å²) in [6, 6.07) is 0. The van der Waals surface area contributed by atoms with Crippen molar-refractivity contribution in [1.82, 2.24) is 0 Å². The fraction of sp³-hybridized carbons (Fsp3) is 1.00. The van der Waals surface area contributed by atoms with E-state index in [1.54, 1.807) is 14.2 Å². The van der Waals surface area contributed by atoms with Crippen molar-refractivity contribution in [3.05, 3.63) is 0 Å². The largest absolute Gasteiger partial charge is 0.382 e. The van der Waals surface area contributed by atoms with Gasteiger partial charge in [-0.25, -0.2) is 0 Å². The lowest BCUT2D eigenvalue weighted by Gasteiger charge is -2.28. The van der Waals surface area contributed by atoms with E-state index in [9.17, 15) is 0 Å². The Morgan fingerprint density at radius 2 is 1.60 bits per heavy atom. The third kappa shape index (κ3) is 2.27. The molecule has 2 nitrogen and oxygen atoms in total. The number of methoxy groups -OCH3 is 2. The molecule has 0 amide bonds. The van der Waals surface area contributed by atoms with Crippen LogP contribution in [0.15, 0.2) is 0 Å². The Bertz CT molecular complexity index is 69.1. The van der Waals surface area contributed by atoms with Gasteiger partial charge in [-0.3, -0.25) is 0 Å². The molecular formula is C8H18O2. The van der Waals surface area contributed by atoms with E-state index in [-0.39, 0.29) is 5.60 Å². The van der Waals surface area contributed by atoms with E-state index in [2.05, 4.69) is 13.8 Å². The second-order valence-corrected chi connectivity index (χ2v) is 2.53. The summed E-state index contributed by atoms with van der Waals surface area (Å²) in [6.07, 6.45) is 2.02. The number of hydrogen-bond acceptors (Lipinski definition) is 2. The normalized spacial score (nSPS) is 12.0. The summed E-state index contributed by atoms with van der Waals surface area (Å²) in [5.41, 5.74) is -0.0469. The van der Waals surface area contributed by atoms with Crippen molar-refractivity contribution < 1.29 is 9.47 Å². The van der Waals surface area contributed by atoms with Gasteiger partial charge in [-0.15, -0.1) is 0 Å². The summed E-state index contributed by atoms with van der Waals surface area (Å²) < 4.78 is 10.4. The number of ether oxygens (including phenoxy) is 2. The van der Waals surface area contributed by atoms with Crippen molar-refractivity contribution in [2.45, 2.75) is 32.3 Å². The molecule has 0 bridgehead atoms. The lowest BCUT2D eigenvalue weighted by molar-refractivity contribution is -0.0687. The van der Waals surface area contributed by atoms with E-state index >= 15 is 0 Å². The van der Waals surface area contributed by atoms with Gasteiger partial charge >= 0.3 is 0 Å². The second kappa shape index (κ2) is 4.69. The lowest BCUT2D eigenvalue weighted by atomic mass is 9.99. The van der Waals surface area contributed by atoms with E-state index in [1.165, 1.54) is 0 Å². The molecule has 0 aliphatic rings. The first-order valence-electron chi connectivity index (χ1n) is 3.78. The summed E-state index contributed by atoms with van der Waals surface area (Å²) in [6.45, 7) is 4.93. The molecule has 0 saturated carbocycles. The molecule has 0 rings (SSSR count). The summed E-state index contributed by atoms with van der Waals surface area (Å²) in [7, 11) is 3.45. The molecule has 0 aromatic heterocycles. The Morgan fingerprint density at radius 1 is 1.10 bits per heavy atom. The summed E-state index contributed by atoms with van der Waals surface area (Å²) >= 11 is 0. The fourth-order valence-corrected chi connectivity index (χ4v) is 1.06. The zero-order chi connectivity index (χ0) is 8.04. The number of hydrogen-bond donors (Lipinski definition) is 0. The summed E-state index contributed by atoms with van der Waals surface area (Å²) in [5.74, 6) is 0. The minimum Gasteiger partial charge on any atom is -0.382 e. The molecule has 0 unspecified atom stereocenters. The van der Waals surface area contributed by atoms with Crippen LogP contribution in [0.1, 0.15) is 26.7 Å². The van der Waals surface area contributed by atoms with Crippen LogP contribution in [0.4, 0.5) is 0 Å². The maximum atomic E-state index is 5.35. The van der Waals surface area contributed by atoms with Crippen molar-refractivity contribution in [1.29, 1.82) is 0 Å². The van der Waals surface area contributed by atoms with Gasteiger partial charge in [0, 0.05) is 14.2 Å². The smallest absolute Gasteiger partial charge is 0.0905 e. The fourth-order valence-electron chi connectivity index (χ4n) is 1.06. The summed E-state index contributed by atoms with van der Waals surface area (Å²) in [4.78, 5) is 0. The minimum absolute atomic E-state index is 0.0469. The van der Waals surface area contributed by atoms with Gasteiger partial charge in [0.1, 0.15) is 0 Å². The highest BCUT2D eigenvalue weighted by Crippen LogP contribution is 2.18. The molecule has 0 N–H and O–H groups in total. The molecular weight excluding hydrogens is 128 g/mol. The first-order chi connectivity index (χ1) is 4.74. The Hall–Kier alpha value is -0.0800. The predicted molar refractivity (Wildman–Crippen MR) is 42.2 cm³/mol. The van der Waals surface area contributed by atoms with E-state index in [4.69, 9.17) is 9.47 Å². The maximum Gasteiger partial charge on any atom is 0.0905 e. The molecule has 0 aliphatic heterocycles. The van der Waals surface area contributed by atoms with E-state index in [0.717, 1.165) is 12.8 Å². The van der Waals surface area contributed by atoms with Crippen molar-refractivity contribution >= 4 is 0 Å². The van der Waals surface area contributed by atoms with Crippen molar-refractivity contribution in [2.24, 2.45) is 0 Å². The molecule has 10 heavy (non-hydrogen) atoms. The molecule has 0 heterocycles. The van der Waals surface area contributed by atoms with Crippen LogP contribution in [0.5, 0.6) is 0 Å². The Kier molecular flexibility index (Phi) is 4.65. The SMILES string of the molecule is CCC(CC)(COC)OC. The first kappa shape index (κ1) is 9.92. The average molecular weight is 146 g/mol. The third-order valence-electron chi connectivity index (χ3n) is 2.13. The van der Waals surface area contributed by atoms with E-state index in [0.29, 0.717) is 6.61 Å². The second-order valence-electron chi connectivity index (χ2n) is 2.53. The first-order valence-corrected chi connectivity index (χ1v) is 3.78. The molecule has 0 fully saturated rings. The average Bonchev–Trinajstić information content (AvgIpc) is 2.01. The van der Waals surface area contributed by atoms with E-state index < -0.39 is 0 Å². The van der Waals surface area contributed by atoms with Gasteiger partial charge in [-0.2, -0.15) is 0 Å². The van der Waals surface area contributed by atoms with Crippen LogP contribution >= 0.6 is 0 Å². The topological polar surface area (TPSA) is 18.5 Å². The third-order valence-corrected chi connectivity index (χ3v) is 2.13. The predicted octanol–water partition coefficient (Wildman–Crippen LogP) is 1.84. The van der Waals surface area contributed by atoms with Crippen molar-refractivity contribution in [2.75, 3.05) is 20.8 Å². The molecule has 2 heteroatoms. The lowest BCUT2D eigenvalue weighted by Crippen LogP contribution is -2.34. The monoisotopic (exact) mass is 146 g/mol. The Balaban J connectivity index is 3.87. The summed E-state index contributed by atoms with van der Waals surface area (Å²) in [5, 5.41) is 0.